The lowest BCUT2D eigenvalue weighted by Gasteiger charge is -2.42. The Balaban J connectivity index is 1.55. The average Bonchev–Trinajstić information content (AvgIpc) is 3.34. The van der Waals surface area contributed by atoms with Crippen LogP contribution in [0.2, 0.25) is 0 Å². The Morgan fingerprint density at radius 2 is 2.08 bits per heavy atom. The highest BCUT2D eigenvalue weighted by Gasteiger charge is 2.48. The fourth-order valence-electron chi connectivity index (χ4n) is 5.19. The summed E-state index contributed by atoms with van der Waals surface area (Å²) in [6, 6.07) is 7.14. The van der Waals surface area contributed by atoms with Crippen LogP contribution in [0, 0.1) is 11.3 Å². The summed E-state index contributed by atoms with van der Waals surface area (Å²) in [6.45, 7) is -2.77. The van der Waals surface area contributed by atoms with Gasteiger partial charge in [-0.15, -0.1) is 0 Å². The van der Waals surface area contributed by atoms with Crippen molar-refractivity contribution < 1.29 is 35.9 Å². The number of halogens is 4. The molecule has 1 amide bonds. The molecule has 3 N–H and O–H groups in total. The minimum atomic E-state index is -4.74. The number of pyridine rings is 1. The van der Waals surface area contributed by atoms with Gasteiger partial charge in [0.25, 0.3) is 5.56 Å². The van der Waals surface area contributed by atoms with E-state index in [1.165, 1.54) is 29.1 Å². The molecule has 0 saturated carbocycles. The van der Waals surface area contributed by atoms with Gasteiger partial charge in [0.2, 0.25) is 10.0 Å². The number of fused-ring (bicyclic) bond motifs is 2. The van der Waals surface area contributed by atoms with Gasteiger partial charge in [0, 0.05) is 25.0 Å². The number of carboxylic acid groups (broad SMARTS) is 1. The summed E-state index contributed by atoms with van der Waals surface area (Å²) in [5.74, 6) is -0.0741. The maximum absolute atomic E-state index is 15.7. The van der Waals surface area contributed by atoms with E-state index in [1.54, 1.807) is 0 Å². The van der Waals surface area contributed by atoms with Crippen molar-refractivity contribution in [1.29, 1.82) is 5.26 Å². The van der Waals surface area contributed by atoms with Crippen molar-refractivity contribution in [2.45, 2.75) is 42.2 Å². The molecular formula is C23H21F4N7O5S. The second-order valence-corrected chi connectivity index (χ2v) is 11.5. The number of sulfonamides is 1. The molecule has 0 bridgehead atoms. The van der Waals surface area contributed by atoms with Gasteiger partial charge < -0.3 is 20.3 Å². The minimum Gasteiger partial charge on any atom is -0.465 e. The van der Waals surface area contributed by atoms with Gasteiger partial charge in [-0.3, -0.25) is 9.48 Å². The molecule has 212 valence electrons. The highest BCUT2D eigenvalue weighted by atomic mass is 32.2. The maximum atomic E-state index is 15.7. The SMILES string of the molecule is N#CC[C@]1(n2nc(Nc3ccc4c(c3)CN(CC(F)(F)F)S4(=O)=O)c3c(=O)[nH]ccc32)CCN(C(=O)O)C[C@H]1F. The number of carbonyl (C=O) groups is 1. The zero-order valence-corrected chi connectivity index (χ0v) is 21.3. The Kier molecular flexibility index (Phi) is 6.50. The standard InChI is InChI=1S/C23H21F4N7O5S/c24-17-11-32(21(36)37)8-5-22(17,4-6-28)34-15-3-7-29-20(35)18(15)19(31-34)30-14-1-2-16-13(9-14)10-33(40(16,38)39)12-23(25,26)27/h1-3,7,9,17H,4-5,8,10-12H2,(H,29,35)(H,30,31)(H,36,37)/t17-,22+/m1/s1. The van der Waals surface area contributed by atoms with E-state index in [-0.39, 0.29) is 52.3 Å². The van der Waals surface area contributed by atoms with Crippen LogP contribution in [0.15, 0.2) is 40.2 Å². The summed E-state index contributed by atoms with van der Waals surface area (Å²) < 4.78 is 81.1. The van der Waals surface area contributed by atoms with Gasteiger partial charge in [0.15, 0.2) is 5.82 Å². The molecule has 2 aliphatic heterocycles. The predicted octanol–water partition coefficient (Wildman–Crippen LogP) is 2.87. The molecule has 0 radical (unpaired) electrons. The van der Waals surface area contributed by atoms with Crippen LogP contribution in [0.4, 0.5) is 33.9 Å². The maximum Gasteiger partial charge on any atom is 0.407 e. The van der Waals surface area contributed by atoms with Crippen LogP contribution < -0.4 is 10.9 Å². The molecule has 0 unspecified atom stereocenters. The number of nitrogens with one attached hydrogen (secondary N) is 2. The van der Waals surface area contributed by atoms with Gasteiger partial charge in [-0.2, -0.15) is 27.8 Å². The molecule has 2 aromatic heterocycles. The van der Waals surface area contributed by atoms with E-state index in [0.717, 1.165) is 11.0 Å². The second-order valence-electron chi connectivity index (χ2n) is 9.55. The monoisotopic (exact) mass is 583 g/mol. The van der Waals surface area contributed by atoms with Crippen molar-refractivity contribution in [2.75, 3.05) is 25.0 Å². The Labute approximate surface area is 223 Å². The number of aromatic nitrogens is 3. The van der Waals surface area contributed by atoms with Crippen LogP contribution in [0.1, 0.15) is 18.4 Å². The summed E-state index contributed by atoms with van der Waals surface area (Å²) in [5, 5.41) is 26.1. The Morgan fingerprint density at radius 1 is 1.32 bits per heavy atom. The number of benzene rings is 1. The third kappa shape index (κ3) is 4.52. The molecule has 1 saturated heterocycles. The van der Waals surface area contributed by atoms with E-state index in [0.29, 0.717) is 4.31 Å². The highest BCUT2D eigenvalue weighted by Crippen LogP contribution is 2.40. The molecule has 1 fully saturated rings. The molecule has 2 aliphatic rings. The molecule has 0 spiro atoms. The van der Waals surface area contributed by atoms with Crippen molar-refractivity contribution in [1.82, 2.24) is 24.0 Å². The number of aromatic amines is 1. The van der Waals surface area contributed by atoms with Crippen molar-refractivity contribution >= 4 is 38.5 Å². The first-order valence-corrected chi connectivity index (χ1v) is 13.3. The van der Waals surface area contributed by atoms with Crippen LogP contribution >= 0.6 is 0 Å². The first kappa shape index (κ1) is 27.4. The largest absolute Gasteiger partial charge is 0.465 e. The van der Waals surface area contributed by atoms with Gasteiger partial charge >= 0.3 is 12.3 Å². The molecule has 3 aromatic rings. The second kappa shape index (κ2) is 9.48. The van der Waals surface area contributed by atoms with Crippen LogP contribution in [0.3, 0.4) is 0 Å². The van der Waals surface area contributed by atoms with Crippen LogP contribution in [-0.2, 0) is 22.1 Å². The number of nitrogens with zero attached hydrogens (tertiary/aromatic N) is 5. The lowest BCUT2D eigenvalue weighted by Crippen LogP contribution is -2.56. The number of likely N-dealkylation sites (tertiary alicyclic amines) is 1. The number of hydrogen-bond acceptors (Lipinski definition) is 7. The van der Waals surface area contributed by atoms with E-state index in [2.05, 4.69) is 15.4 Å². The molecule has 17 heteroatoms. The van der Waals surface area contributed by atoms with Crippen LogP contribution in [0.25, 0.3) is 10.9 Å². The number of nitriles is 1. The van der Waals surface area contributed by atoms with Crippen molar-refractivity contribution in [3.63, 3.8) is 0 Å². The number of H-pyrrole nitrogens is 1. The zero-order chi connectivity index (χ0) is 29.0. The molecule has 12 nitrogen and oxygen atoms in total. The Bertz CT molecular complexity index is 1710. The molecule has 40 heavy (non-hydrogen) atoms. The van der Waals surface area contributed by atoms with Gasteiger partial charge in [-0.25, -0.2) is 17.6 Å². The normalized spacial score (nSPS) is 22.7. The van der Waals surface area contributed by atoms with Gasteiger partial charge in [-0.05, 0) is 36.2 Å². The molecule has 1 aromatic carbocycles. The summed E-state index contributed by atoms with van der Waals surface area (Å²) in [7, 11) is -4.36. The van der Waals surface area contributed by atoms with E-state index in [4.69, 9.17) is 0 Å². The molecule has 4 heterocycles. The first-order chi connectivity index (χ1) is 18.8. The van der Waals surface area contributed by atoms with E-state index in [1.807, 2.05) is 6.07 Å². The lowest BCUT2D eigenvalue weighted by atomic mass is 9.83. The molecule has 5 rings (SSSR count). The Hall–Kier alpha value is -4.17. The first-order valence-electron chi connectivity index (χ1n) is 11.8. The molecule has 0 aliphatic carbocycles. The number of rotatable bonds is 5. The predicted molar refractivity (Wildman–Crippen MR) is 131 cm³/mol. The fraction of sp³-hybridized carbons (Fsp3) is 0.391. The zero-order valence-electron chi connectivity index (χ0n) is 20.4. The summed E-state index contributed by atoms with van der Waals surface area (Å²) in [5.41, 5.74) is -1.76. The topological polar surface area (TPSA) is 164 Å². The lowest BCUT2D eigenvalue weighted by molar-refractivity contribution is -0.136. The van der Waals surface area contributed by atoms with Crippen molar-refractivity contribution in [2.24, 2.45) is 0 Å². The van der Waals surface area contributed by atoms with E-state index >= 15 is 4.39 Å². The molecular weight excluding hydrogens is 562 g/mol. The minimum absolute atomic E-state index is 0.0144. The third-order valence-corrected chi connectivity index (χ3v) is 9.00. The number of alkyl halides is 4. The number of amides is 1. The number of hydrogen-bond donors (Lipinski definition) is 3. The van der Waals surface area contributed by atoms with Gasteiger partial charge in [0.1, 0.15) is 23.6 Å². The fourth-order valence-corrected chi connectivity index (χ4v) is 6.79. The van der Waals surface area contributed by atoms with Gasteiger partial charge in [-0.1, -0.05) is 0 Å². The smallest absolute Gasteiger partial charge is 0.407 e. The number of piperidine rings is 1. The van der Waals surface area contributed by atoms with Gasteiger partial charge in [0.05, 0.1) is 29.4 Å². The van der Waals surface area contributed by atoms with E-state index in [9.17, 15) is 41.5 Å². The summed E-state index contributed by atoms with van der Waals surface area (Å²) >= 11 is 0. The number of anilines is 2. The van der Waals surface area contributed by atoms with Crippen LogP contribution in [0.5, 0.6) is 0 Å². The van der Waals surface area contributed by atoms with Crippen molar-refractivity contribution in [3.05, 3.63) is 46.4 Å². The van der Waals surface area contributed by atoms with Crippen LogP contribution in [-0.4, -0.2) is 75.6 Å². The highest BCUT2D eigenvalue weighted by molar-refractivity contribution is 7.89. The Morgan fingerprint density at radius 3 is 2.73 bits per heavy atom. The average molecular weight is 584 g/mol. The summed E-state index contributed by atoms with van der Waals surface area (Å²) in [4.78, 5) is 27.3. The summed E-state index contributed by atoms with van der Waals surface area (Å²) in [6.07, 6.45) is -7.08. The van der Waals surface area contributed by atoms with Crippen molar-refractivity contribution in [3.8, 4) is 6.07 Å². The van der Waals surface area contributed by atoms with E-state index < -0.39 is 59.2 Å². The third-order valence-electron chi connectivity index (χ3n) is 7.10. The molecule has 2 atom stereocenters. The quantitative estimate of drug-likeness (QED) is 0.386.